The average molecular weight is 361 g/mol. The number of thiophene rings is 1. The molecule has 1 heterocycles. The molecule has 0 bridgehead atoms. The topological polar surface area (TPSA) is 84.7 Å². The molecule has 1 atom stereocenters. The van der Waals surface area contributed by atoms with Crippen molar-refractivity contribution in [2.24, 2.45) is 5.73 Å². The molecule has 2 amide bonds. The number of rotatable bonds is 8. The fraction of sp³-hybridized carbons (Fsp3) is 0.333. The number of primary amides is 1. The number of para-hydroxylation sites is 1. The number of nitrogens with zero attached hydrogens (tertiary/aromatic N) is 1. The second-order valence-corrected chi connectivity index (χ2v) is 6.70. The highest BCUT2D eigenvalue weighted by Crippen LogP contribution is 2.23. The number of hydrogen-bond donors (Lipinski definition) is 2. The lowest BCUT2D eigenvalue weighted by Crippen LogP contribution is -2.41. The molecule has 134 valence electrons. The predicted octanol–water partition coefficient (Wildman–Crippen LogP) is 2.49. The molecule has 3 N–H and O–H groups in total. The van der Waals surface area contributed by atoms with Crippen molar-refractivity contribution in [1.82, 2.24) is 4.90 Å². The van der Waals surface area contributed by atoms with Gasteiger partial charge >= 0.3 is 0 Å². The molecule has 2 rings (SSSR count). The Bertz CT molecular complexity index is 745. The molecule has 7 heteroatoms. The van der Waals surface area contributed by atoms with Gasteiger partial charge in [0.05, 0.1) is 11.6 Å². The molecule has 0 saturated heterocycles. The van der Waals surface area contributed by atoms with E-state index >= 15 is 0 Å². The number of carbonyl (C=O) groups is 2. The SMILES string of the molecule is Cc1ccccc1OCCN(C)[C@H](C)C(=O)Nc1sccc1C(N)=O. The highest BCUT2D eigenvalue weighted by Gasteiger charge is 2.20. The number of ether oxygens (including phenoxy) is 1. The molecule has 0 aliphatic rings. The fourth-order valence-electron chi connectivity index (χ4n) is 2.23. The van der Waals surface area contributed by atoms with Gasteiger partial charge in [0.1, 0.15) is 17.4 Å². The first kappa shape index (κ1) is 19.0. The summed E-state index contributed by atoms with van der Waals surface area (Å²) in [6, 6.07) is 9.04. The van der Waals surface area contributed by atoms with Gasteiger partial charge in [-0.05, 0) is 44.0 Å². The summed E-state index contributed by atoms with van der Waals surface area (Å²) in [5, 5.41) is 4.97. The lowest BCUT2D eigenvalue weighted by molar-refractivity contribution is -0.120. The van der Waals surface area contributed by atoms with Gasteiger partial charge in [-0.3, -0.25) is 14.5 Å². The zero-order chi connectivity index (χ0) is 18.4. The molecule has 0 saturated carbocycles. The molecule has 0 spiro atoms. The van der Waals surface area contributed by atoms with E-state index in [2.05, 4.69) is 5.32 Å². The van der Waals surface area contributed by atoms with Crippen LogP contribution in [0.1, 0.15) is 22.8 Å². The van der Waals surface area contributed by atoms with Crippen LogP contribution in [-0.2, 0) is 4.79 Å². The van der Waals surface area contributed by atoms with Crippen LogP contribution in [0.4, 0.5) is 5.00 Å². The monoisotopic (exact) mass is 361 g/mol. The molecule has 0 aliphatic carbocycles. The zero-order valence-corrected chi connectivity index (χ0v) is 15.4. The van der Waals surface area contributed by atoms with Gasteiger partial charge < -0.3 is 15.8 Å². The molecule has 6 nitrogen and oxygen atoms in total. The van der Waals surface area contributed by atoms with Gasteiger partial charge in [0.25, 0.3) is 5.91 Å². The van der Waals surface area contributed by atoms with Gasteiger partial charge in [-0.15, -0.1) is 11.3 Å². The molecular formula is C18H23N3O3S. The number of carbonyl (C=O) groups excluding carboxylic acids is 2. The lowest BCUT2D eigenvalue weighted by Gasteiger charge is -2.24. The van der Waals surface area contributed by atoms with Crippen LogP contribution in [-0.4, -0.2) is 43.0 Å². The van der Waals surface area contributed by atoms with Crippen molar-refractivity contribution < 1.29 is 14.3 Å². The first-order chi connectivity index (χ1) is 11.9. The van der Waals surface area contributed by atoms with Gasteiger partial charge in [0.2, 0.25) is 5.91 Å². The molecule has 0 aliphatic heterocycles. The maximum absolute atomic E-state index is 12.4. The largest absolute Gasteiger partial charge is 0.492 e. The minimum atomic E-state index is -0.552. The summed E-state index contributed by atoms with van der Waals surface area (Å²) in [6.45, 7) is 4.87. The Hall–Kier alpha value is -2.38. The number of amides is 2. The van der Waals surface area contributed by atoms with Crippen LogP contribution in [0.2, 0.25) is 0 Å². The third-order valence-corrected chi connectivity index (χ3v) is 4.83. The lowest BCUT2D eigenvalue weighted by atomic mass is 10.2. The van der Waals surface area contributed by atoms with Crippen molar-refractivity contribution in [2.45, 2.75) is 19.9 Å². The van der Waals surface area contributed by atoms with Crippen LogP contribution in [0, 0.1) is 6.92 Å². The Kier molecular flexibility index (Phi) is 6.55. The van der Waals surface area contributed by atoms with E-state index in [1.165, 1.54) is 11.3 Å². The summed E-state index contributed by atoms with van der Waals surface area (Å²) < 4.78 is 5.76. The zero-order valence-electron chi connectivity index (χ0n) is 14.6. The van der Waals surface area contributed by atoms with E-state index < -0.39 is 5.91 Å². The van der Waals surface area contributed by atoms with Crippen molar-refractivity contribution >= 4 is 28.2 Å². The molecule has 0 radical (unpaired) electrons. The van der Waals surface area contributed by atoms with Crippen LogP contribution in [0.25, 0.3) is 0 Å². The Labute approximate surface area is 151 Å². The van der Waals surface area contributed by atoms with Crippen molar-refractivity contribution in [2.75, 3.05) is 25.5 Å². The summed E-state index contributed by atoms with van der Waals surface area (Å²) >= 11 is 1.28. The quantitative estimate of drug-likeness (QED) is 0.756. The Morgan fingerprint density at radius 3 is 2.72 bits per heavy atom. The normalized spacial score (nSPS) is 12.0. The Morgan fingerprint density at radius 2 is 2.04 bits per heavy atom. The number of aryl methyl sites for hydroxylation is 1. The second-order valence-electron chi connectivity index (χ2n) is 5.79. The molecule has 0 fully saturated rings. The van der Waals surface area contributed by atoms with E-state index in [0.717, 1.165) is 11.3 Å². The summed E-state index contributed by atoms with van der Waals surface area (Å²) in [4.78, 5) is 25.6. The number of likely N-dealkylation sites (N-methyl/N-ethyl adjacent to an activating group) is 1. The van der Waals surface area contributed by atoms with Crippen LogP contribution in [0.5, 0.6) is 5.75 Å². The molecule has 2 aromatic rings. The summed E-state index contributed by atoms with van der Waals surface area (Å²) in [5.41, 5.74) is 6.70. The van der Waals surface area contributed by atoms with E-state index in [4.69, 9.17) is 10.5 Å². The van der Waals surface area contributed by atoms with Crippen LogP contribution in [0.3, 0.4) is 0 Å². The number of nitrogens with one attached hydrogen (secondary N) is 1. The number of benzene rings is 1. The van der Waals surface area contributed by atoms with E-state index in [1.807, 2.05) is 43.1 Å². The van der Waals surface area contributed by atoms with Gasteiger partial charge in [0, 0.05) is 6.54 Å². The number of hydrogen-bond acceptors (Lipinski definition) is 5. The smallest absolute Gasteiger partial charge is 0.251 e. The number of nitrogens with two attached hydrogens (primary N) is 1. The van der Waals surface area contributed by atoms with E-state index in [0.29, 0.717) is 23.7 Å². The van der Waals surface area contributed by atoms with E-state index in [-0.39, 0.29) is 11.9 Å². The third-order valence-electron chi connectivity index (χ3n) is 4.00. The van der Waals surface area contributed by atoms with Crippen LogP contribution >= 0.6 is 11.3 Å². The molecule has 1 aromatic heterocycles. The van der Waals surface area contributed by atoms with Crippen molar-refractivity contribution in [3.8, 4) is 5.75 Å². The van der Waals surface area contributed by atoms with E-state index in [9.17, 15) is 9.59 Å². The summed E-state index contributed by atoms with van der Waals surface area (Å²) in [6.07, 6.45) is 0. The summed E-state index contributed by atoms with van der Waals surface area (Å²) in [7, 11) is 1.86. The Morgan fingerprint density at radius 1 is 1.32 bits per heavy atom. The van der Waals surface area contributed by atoms with Gasteiger partial charge in [-0.2, -0.15) is 0 Å². The molecule has 0 unspecified atom stereocenters. The van der Waals surface area contributed by atoms with Crippen molar-refractivity contribution in [3.05, 3.63) is 46.8 Å². The van der Waals surface area contributed by atoms with Gasteiger partial charge in [-0.25, -0.2) is 0 Å². The minimum Gasteiger partial charge on any atom is -0.492 e. The average Bonchev–Trinajstić information content (AvgIpc) is 3.04. The molecular weight excluding hydrogens is 338 g/mol. The molecule has 1 aromatic carbocycles. The van der Waals surface area contributed by atoms with Crippen LogP contribution < -0.4 is 15.8 Å². The highest BCUT2D eigenvalue weighted by molar-refractivity contribution is 7.14. The highest BCUT2D eigenvalue weighted by atomic mass is 32.1. The van der Waals surface area contributed by atoms with Crippen molar-refractivity contribution in [1.29, 1.82) is 0 Å². The fourth-order valence-corrected chi connectivity index (χ4v) is 3.02. The Balaban J connectivity index is 1.85. The van der Waals surface area contributed by atoms with Crippen molar-refractivity contribution in [3.63, 3.8) is 0 Å². The van der Waals surface area contributed by atoms with E-state index in [1.54, 1.807) is 18.4 Å². The second kappa shape index (κ2) is 8.64. The first-order valence-electron chi connectivity index (χ1n) is 7.97. The maximum Gasteiger partial charge on any atom is 0.251 e. The predicted molar refractivity (Wildman–Crippen MR) is 100 cm³/mol. The first-order valence-corrected chi connectivity index (χ1v) is 8.85. The molecule has 25 heavy (non-hydrogen) atoms. The van der Waals surface area contributed by atoms with Gasteiger partial charge in [-0.1, -0.05) is 18.2 Å². The van der Waals surface area contributed by atoms with Gasteiger partial charge in [0.15, 0.2) is 0 Å². The maximum atomic E-state index is 12.4. The third kappa shape index (κ3) is 5.04. The van der Waals surface area contributed by atoms with Crippen LogP contribution in [0.15, 0.2) is 35.7 Å². The standard InChI is InChI=1S/C18H23N3O3S/c1-12-6-4-5-7-15(12)24-10-9-21(3)13(2)17(23)20-18-14(16(19)22)8-11-25-18/h4-8,11,13H,9-10H2,1-3H3,(H2,19,22)(H,20,23)/t13-/m1/s1. The minimum absolute atomic E-state index is 0.191. The number of anilines is 1. The summed E-state index contributed by atoms with van der Waals surface area (Å²) in [5.74, 6) is 0.102.